The molecule has 10 heteroatoms. The first-order chi connectivity index (χ1) is 19.1. The minimum absolute atomic E-state index is 0.0524. The number of hydrogen-bond donors (Lipinski definition) is 3. The zero-order valence-corrected chi connectivity index (χ0v) is 22.6. The molecule has 0 aromatic heterocycles. The number of aryl methyl sites for hydroxylation is 2. The number of hydrogen-bond acceptors (Lipinski definition) is 7. The van der Waals surface area contributed by atoms with Crippen LogP contribution in [0.2, 0.25) is 0 Å². The van der Waals surface area contributed by atoms with Crippen molar-refractivity contribution in [2.75, 3.05) is 30.6 Å². The van der Waals surface area contributed by atoms with Crippen molar-refractivity contribution >= 4 is 34.6 Å². The summed E-state index contributed by atoms with van der Waals surface area (Å²) in [5, 5.41) is 16.4. The van der Waals surface area contributed by atoms with Gasteiger partial charge in [0.15, 0.2) is 5.75 Å². The molecule has 0 atom stereocenters. The van der Waals surface area contributed by atoms with Crippen molar-refractivity contribution in [3.05, 3.63) is 117 Å². The number of nitrogens with one attached hydrogen (secondary N) is 2. The maximum atomic E-state index is 12.1. The van der Waals surface area contributed by atoms with Crippen molar-refractivity contribution < 1.29 is 24.0 Å². The number of benzene rings is 4. The molecule has 4 aromatic carbocycles. The minimum atomic E-state index is -0.555. The Hall–Kier alpha value is -5.38. The quantitative estimate of drug-likeness (QED) is 0.147. The van der Waals surface area contributed by atoms with E-state index in [0.29, 0.717) is 22.7 Å². The maximum Gasteiger partial charge on any atom is 0.310 e. The Morgan fingerprint density at radius 2 is 1.12 bits per heavy atom. The number of nitrogens with zero attached hydrogens (tertiary/aromatic N) is 1. The van der Waals surface area contributed by atoms with E-state index in [1.807, 2.05) is 50.2 Å². The Morgan fingerprint density at radius 1 is 0.700 bits per heavy atom. The van der Waals surface area contributed by atoms with Crippen LogP contribution in [0.5, 0.6) is 11.5 Å². The highest BCUT2D eigenvalue weighted by Gasteiger charge is 2.17. The highest BCUT2D eigenvalue weighted by Crippen LogP contribution is 2.28. The van der Waals surface area contributed by atoms with Crippen LogP contribution in [0.25, 0.3) is 0 Å². The first kappa shape index (κ1) is 29.2. The molecule has 206 valence electrons. The van der Waals surface area contributed by atoms with E-state index in [0.717, 1.165) is 16.8 Å². The van der Waals surface area contributed by atoms with Crippen LogP contribution in [0.4, 0.5) is 22.7 Å². The Labute approximate surface area is 231 Å². The summed E-state index contributed by atoms with van der Waals surface area (Å²) in [5.41, 5.74) is 10.5. The van der Waals surface area contributed by atoms with Crippen molar-refractivity contribution in [1.82, 2.24) is 0 Å². The number of nitro benzene ring substituents is 1. The summed E-state index contributed by atoms with van der Waals surface area (Å²) in [6, 6.07) is 23.9. The number of carbonyl (C=O) groups is 2. The van der Waals surface area contributed by atoms with Crippen molar-refractivity contribution in [3.8, 4) is 11.5 Å². The molecule has 10 nitrogen and oxygen atoms in total. The molecule has 0 fully saturated rings. The van der Waals surface area contributed by atoms with Gasteiger partial charge in [-0.25, -0.2) is 0 Å². The van der Waals surface area contributed by atoms with E-state index in [-0.39, 0.29) is 28.8 Å². The molecule has 0 aliphatic carbocycles. The van der Waals surface area contributed by atoms with Gasteiger partial charge in [0.1, 0.15) is 5.75 Å². The highest BCUT2D eigenvalue weighted by atomic mass is 16.6. The zero-order chi connectivity index (χ0) is 29.2. The van der Waals surface area contributed by atoms with Gasteiger partial charge in [-0.3, -0.25) is 19.7 Å². The molecule has 0 spiro atoms. The van der Waals surface area contributed by atoms with Crippen molar-refractivity contribution in [1.29, 1.82) is 0 Å². The third-order valence-electron chi connectivity index (χ3n) is 5.75. The van der Waals surface area contributed by atoms with Gasteiger partial charge in [0, 0.05) is 34.6 Å². The lowest BCUT2D eigenvalue weighted by Gasteiger charge is -2.08. The van der Waals surface area contributed by atoms with E-state index in [1.165, 1.54) is 32.4 Å². The van der Waals surface area contributed by atoms with Gasteiger partial charge in [0.25, 0.3) is 11.8 Å². The Morgan fingerprint density at radius 3 is 1.55 bits per heavy atom. The predicted octanol–water partition coefficient (Wildman–Crippen LogP) is 6.00. The second-order valence-electron chi connectivity index (χ2n) is 8.74. The number of nitro groups is 1. The standard InChI is InChI=1S/C15H14N2O4.C15H16N2O2/c1-10-3-6-12(7-4-10)16-15(18)11-5-8-13(17(19)20)14(9-11)21-2;1-10-3-6-12(7-4-10)17-15(18)11-5-8-13(16)14(9-11)19-2/h3-9H,1-2H3,(H,16,18);3-9H,16H2,1-2H3,(H,17,18). The number of anilines is 3. The molecule has 0 bridgehead atoms. The fraction of sp³-hybridized carbons (Fsp3) is 0.133. The number of methoxy groups -OCH3 is 2. The molecule has 0 unspecified atom stereocenters. The largest absolute Gasteiger partial charge is 0.495 e. The predicted molar refractivity (Wildman–Crippen MR) is 155 cm³/mol. The lowest BCUT2D eigenvalue weighted by atomic mass is 10.1. The second-order valence-corrected chi connectivity index (χ2v) is 8.74. The molecule has 0 aliphatic heterocycles. The van der Waals surface area contributed by atoms with Gasteiger partial charge in [-0.15, -0.1) is 0 Å². The highest BCUT2D eigenvalue weighted by molar-refractivity contribution is 6.05. The first-order valence-corrected chi connectivity index (χ1v) is 12.1. The molecule has 4 aromatic rings. The van der Waals surface area contributed by atoms with E-state index in [4.69, 9.17) is 15.2 Å². The molecule has 40 heavy (non-hydrogen) atoms. The normalized spacial score (nSPS) is 10.0. The van der Waals surface area contributed by atoms with Gasteiger partial charge in [0.05, 0.1) is 24.8 Å². The van der Waals surface area contributed by atoms with E-state index in [1.54, 1.807) is 30.3 Å². The summed E-state index contributed by atoms with van der Waals surface area (Å²) in [4.78, 5) is 34.4. The Bertz CT molecular complexity index is 1500. The average molecular weight is 543 g/mol. The summed E-state index contributed by atoms with van der Waals surface area (Å²) >= 11 is 0. The number of nitrogen functional groups attached to an aromatic ring is 1. The fourth-order valence-corrected chi connectivity index (χ4v) is 3.50. The number of carbonyl (C=O) groups excluding carboxylic acids is 2. The molecule has 4 N–H and O–H groups in total. The topological polar surface area (TPSA) is 146 Å². The smallest absolute Gasteiger partial charge is 0.310 e. The monoisotopic (exact) mass is 542 g/mol. The van der Waals surface area contributed by atoms with E-state index >= 15 is 0 Å². The average Bonchev–Trinajstić information content (AvgIpc) is 2.95. The molecule has 2 amide bonds. The third kappa shape index (κ3) is 7.81. The van der Waals surface area contributed by atoms with Crippen LogP contribution in [0.3, 0.4) is 0 Å². The minimum Gasteiger partial charge on any atom is -0.495 e. The molecule has 0 aliphatic rings. The molecule has 0 heterocycles. The van der Waals surface area contributed by atoms with E-state index in [9.17, 15) is 19.7 Å². The fourth-order valence-electron chi connectivity index (χ4n) is 3.50. The molecular weight excluding hydrogens is 512 g/mol. The van der Waals surface area contributed by atoms with Crippen molar-refractivity contribution in [2.45, 2.75) is 13.8 Å². The zero-order valence-electron chi connectivity index (χ0n) is 22.6. The summed E-state index contributed by atoms with van der Waals surface area (Å²) in [7, 11) is 2.84. The third-order valence-corrected chi connectivity index (χ3v) is 5.75. The second kappa shape index (κ2) is 13.4. The first-order valence-electron chi connectivity index (χ1n) is 12.1. The van der Waals surface area contributed by atoms with Crippen LogP contribution in [-0.4, -0.2) is 31.0 Å². The Balaban J connectivity index is 0.000000222. The van der Waals surface area contributed by atoms with Gasteiger partial charge in [-0.05, 0) is 62.4 Å². The SMILES string of the molecule is COc1cc(C(=O)Nc2ccc(C)cc2)ccc1N.COc1cc(C(=O)Nc2ccc(C)cc2)ccc1[N+](=O)[O-]. The number of rotatable bonds is 7. The maximum absolute atomic E-state index is 12.1. The summed E-state index contributed by atoms with van der Waals surface area (Å²) in [5.74, 6) is 0.00214. The molecule has 0 radical (unpaired) electrons. The lowest BCUT2D eigenvalue weighted by molar-refractivity contribution is -0.385. The summed E-state index contributed by atoms with van der Waals surface area (Å²) < 4.78 is 10.0. The van der Waals surface area contributed by atoms with Crippen LogP contribution < -0.4 is 25.8 Å². The number of amides is 2. The van der Waals surface area contributed by atoms with Crippen LogP contribution >= 0.6 is 0 Å². The molecular formula is C30H30N4O6. The van der Waals surface area contributed by atoms with Gasteiger partial charge >= 0.3 is 5.69 Å². The lowest BCUT2D eigenvalue weighted by Crippen LogP contribution is -2.12. The van der Waals surface area contributed by atoms with Gasteiger partial charge in [0.2, 0.25) is 0 Å². The summed E-state index contributed by atoms with van der Waals surface area (Å²) in [6.45, 7) is 3.95. The van der Waals surface area contributed by atoms with Gasteiger partial charge in [-0.1, -0.05) is 35.4 Å². The molecule has 0 saturated carbocycles. The number of nitrogens with two attached hydrogens (primary N) is 1. The summed E-state index contributed by atoms with van der Waals surface area (Å²) in [6.07, 6.45) is 0. The van der Waals surface area contributed by atoms with Gasteiger partial charge in [-0.2, -0.15) is 0 Å². The van der Waals surface area contributed by atoms with E-state index < -0.39 is 4.92 Å². The van der Waals surface area contributed by atoms with Crippen LogP contribution in [-0.2, 0) is 0 Å². The van der Waals surface area contributed by atoms with Crippen molar-refractivity contribution in [3.63, 3.8) is 0 Å². The Kier molecular flexibility index (Phi) is 9.79. The molecule has 4 rings (SSSR count). The van der Waals surface area contributed by atoms with Crippen LogP contribution in [0, 0.1) is 24.0 Å². The van der Waals surface area contributed by atoms with E-state index in [2.05, 4.69) is 10.6 Å². The van der Waals surface area contributed by atoms with Crippen molar-refractivity contribution in [2.24, 2.45) is 0 Å². The van der Waals surface area contributed by atoms with Crippen LogP contribution in [0.15, 0.2) is 84.9 Å². The van der Waals surface area contributed by atoms with Gasteiger partial charge < -0.3 is 25.8 Å². The molecule has 0 saturated heterocycles. The van der Waals surface area contributed by atoms with Crippen LogP contribution in [0.1, 0.15) is 31.8 Å². The number of ether oxygens (including phenoxy) is 2.